The van der Waals surface area contributed by atoms with Gasteiger partial charge in [0.1, 0.15) is 5.82 Å². The highest BCUT2D eigenvalue weighted by molar-refractivity contribution is 5.85. The van der Waals surface area contributed by atoms with Crippen molar-refractivity contribution in [2.75, 3.05) is 5.43 Å². The predicted molar refractivity (Wildman–Crippen MR) is 48.0 cm³/mol. The first-order chi connectivity index (χ1) is 5.99. The molecule has 82 valence electrons. The molecule has 0 saturated carbocycles. The summed E-state index contributed by atoms with van der Waals surface area (Å²) in [7, 11) is 0. The fourth-order valence-electron chi connectivity index (χ4n) is 0.913. The molecule has 0 unspecified atom stereocenters. The first-order valence-corrected chi connectivity index (χ1v) is 3.60. The Bertz CT molecular complexity index is 274. The van der Waals surface area contributed by atoms with Crippen molar-refractivity contribution in [2.45, 2.75) is 19.6 Å². The summed E-state index contributed by atoms with van der Waals surface area (Å²) in [5.74, 6) is 5.15. The minimum atomic E-state index is -4.42. The zero-order chi connectivity index (χ0) is 10.1. The largest absolute Gasteiger partial charge is 0.435 e. The van der Waals surface area contributed by atoms with Gasteiger partial charge in [0.15, 0.2) is 5.69 Å². The van der Waals surface area contributed by atoms with Crippen LogP contribution in [0.2, 0.25) is 0 Å². The van der Waals surface area contributed by atoms with Crippen LogP contribution in [0.15, 0.2) is 6.07 Å². The molecule has 0 bridgehead atoms. The second-order valence-corrected chi connectivity index (χ2v) is 2.37. The summed E-state index contributed by atoms with van der Waals surface area (Å²) in [5.41, 5.74) is 1.20. The quantitative estimate of drug-likeness (QED) is 0.600. The second kappa shape index (κ2) is 4.52. The summed E-state index contributed by atoms with van der Waals surface area (Å²) in [5, 5.41) is 3.32. The molecule has 4 nitrogen and oxygen atoms in total. The average Bonchev–Trinajstić information content (AvgIpc) is 2.45. The van der Waals surface area contributed by atoms with Gasteiger partial charge in [0.25, 0.3) is 0 Å². The summed E-state index contributed by atoms with van der Waals surface area (Å²) < 4.78 is 37.5. The molecule has 1 aromatic heterocycles. The van der Waals surface area contributed by atoms with E-state index >= 15 is 0 Å². The second-order valence-electron chi connectivity index (χ2n) is 2.37. The summed E-state index contributed by atoms with van der Waals surface area (Å²) in [4.78, 5) is 0. The van der Waals surface area contributed by atoms with E-state index in [1.54, 1.807) is 6.92 Å². The number of rotatable bonds is 2. The van der Waals surface area contributed by atoms with Crippen LogP contribution >= 0.6 is 12.4 Å². The van der Waals surface area contributed by atoms with Crippen molar-refractivity contribution in [1.82, 2.24) is 9.78 Å². The number of halogens is 4. The minimum absolute atomic E-state index is 0. The lowest BCUT2D eigenvalue weighted by Gasteiger charge is -2.01. The lowest BCUT2D eigenvalue weighted by molar-refractivity contribution is -0.141. The lowest BCUT2D eigenvalue weighted by Crippen LogP contribution is -2.12. The van der Waals surface area contributed by atoms with Gasteiger partial charge in [-0.2, -0.15) is 18.3 Å². The number of aromatic nitrogens is 2. The van der Waals surface area contributed by atoms with Gasteiger partial charge >= 0.3 is 6.18 Å². The molecule has 8 heteroatoms. The zero-order valence-electron chi connectivity index (χ0n) is 7.30. The molecule has 0 amide bonds. The molecular formula is C6H10ClF3N4. The molecule has 0 fully saturated rings. The maximum atomic E-state index is 12.1. The van der Waals surface area contributed by atoms with Gasteiger partial charge in [0, 0.05) is 12.6 Å². The first-order valence-electron chi connectivity index (χ1n) is 3.60. The van der Waals surface area contributed by atoms with Crippen LogP contribution in [0.25, 0.3) is 0 Å². The zero-order valence-corrected chi connectivity index (χ0v) is 8.11. The molecule has 0 aromatic carbocycles. The van der Waals surface area contributed by atoms with Crippen molar-refractivity contribution >= 4 is 18.2 Å². The lowest BCUT2D eigenvalue weighted by atomic mass is 10.4. The first kappa shape index (κ1) is 13.1. The average molecular weight is 231 g/mol. The molecule has 1 heterocycles. The Morgan fingerprint density at radius 3 is 2.43 bits per heavy atom. The van der Waals surface area contributed by atoms with Crippen molar-refractivity contribution in [1.29, 1.82) is 0 Å². The molecule has 0 aliphatic carbocycles. The van der Waals surface area contributed by atoms with Crippen LogP contribution in [0.4, 0.5) is 19.0 Å². The van der Waals surface area contributed by atoms with Crippen LogP contribution in [0.1, 0.15) is 12.6 Å². The van der Waals surface area contributed by atoms with Crippen molar-refractivity contribution in [3.8, 4) is 0 Å². The summed E-state index contributed by atoms with van der Waals surface area (Å²) >= 11 is 0. The number of nitrogens with zero attached hydrogens (tertiary/aromatic N) is 2. The van der Waals surface area contributed by atoms with Gasteiger partial charge < -0.3 is 5.43 Å². The Hall–Kier alpha value is -0.950. The number of nitrogens with two attached hydrogens (primary N) is 1. The SMILES string of the molecule is CCn1nc(C(F)(F)F)cc1NN.Cl. The Labute approximate surface area is 84.6 Å². The van der Waals surface area contributed by atoms with E-state index in [4.69, 9.17) is 5.84 Å². The number of nitrogens with one attached hydrogen (secondary N) is 1. The van der Waals surface area contributed by atoms with Gasteiger partial charge in [0.2, 0.25) is 0 Å². The molecule has 3 N–H and O–H groups in total. The van der Waals surface area contributed by atoms with E-state index in [1.807, 2.05) is 0 Å². The normalized spacial score (nSPS) is 10.9. The minimum Gasteiger partial charge on any atom is -0.309 e. The van der Waals surface area contributed by atoms with Crippen LogP contribution in [0.3, 0.4) is 0 Å². The highest BCUT2D eigenvalue weighted by Crippen LogP contribution is 2.29. The Balaban J connectivity index is 0.00000169. The molecule has 0 aliphatic heterocycles. The Morgan fingerprint density at radius 2 is 2.14 bits per heavy atom. The number of alkyl halides is 3. The van der Waals surface area contributed by atoms with Crippen LogP contribution in [0.5, 0.6) is 0 Å². The molecule has 0 aliphatic rings. The monoisotopic (exact) mass is 230 g/mol. The molecule has 0 spiro atoms. The molecule has 1 rings (SSSR count). The summed E-state index contributed by atoms with van der Waals surface area (Å²) in [6, 6.07) is 0.865. The summed E-state index contributed by atoms with van der Waals surface area (Å²) in [6.07, 6.45) is -4.42. The van der Waals surface area contributed by atoms with Gasteiger partial charge in [-0.25, -0.2) is 10.5 Å². The van der Waals surface area contributed by atoms with E-state index < -0.39 is 11.9 Å². The molecule has 0 saturated heterocycles. The number of hydrogen-bond acceptors (Lipinski definition) is 3. The maximum absolute atomic E-state index is 12.1. The number of hydrogen-bond donors (Lipinski definition) is 2. The fourth-order valence-corrected chi connectivity index (χ4v) is 0.913. The smallest absolute Gasteiger partial charge is 0.309 e. The van der Waals surface area contributed by atoms with Crippen LogP contribution in [0, 0.1) is 0 Å². The van der Waals surface area contributed by atoms with Crippen molar-refractivity contribution in [3.63, 3.8) is 0 Å². The molecule has 14 heavy (non-hydrogen) atoms. The Kier molecular flexibility index (Phi) is 4.21. The molecule has 0 atom stereocenters. The van der Waals surface area contributed by atoms with E-state index in [9.17, 15) is 13.2 Å². The van der Waals surface area contributed by atoms with Crippen molar-refractivity contribution < 1.29 is 13.2 Å². The molecule has 1 aromatic rings. The molecule has 0 radical (unpaired) electrons. The third-order valence-electron chi connectivity index (χ3n) is 1.52. The highest BCUT2D eigenvalue weighted by atomic mass is 35.5. The predicted octanol–water partition coefficient (Wildman–Crippen LogP) is 1.63. The van der Waals surface area contributed by atoms with Crippen LogP contribution < -0.4 is 11.3 Å². The topological polar surface area (TPSA) is 55.9 Å². The van der Waals surface area contributed by atoms with Crippen LogP contribution in [-0.2, 0) is 12.7 Å². The van der Waals surface area contributed by atoms with E-state index in [0.717, 1.165) is 10.7 Å². The number of hydrazine groups is 1. The van der Waals surface area contributed by atoms with E-state index in [-0.39, 0.29) is 18.2 Å². The van der Waals surface area contributed by atoms with Crippen molar-refractivity contribution in [2.24, 2.45) is 5.84 Å². The van der Waals surface area contributed by atoms with E-state index in [2.05, 4.69) is 10.5 Å². The third-order valence-corrected chi connectivity index (χ3v) is 1.52. The summed E-state index contributed by atoms with van der Waals surface area (Å²) in [6.45, 7) is 2.00. The maximum Gasteiger partial charge on any atom is 0.435 e. The van der Waals surface area contributed by atoms with Gasteiger partial charge in [0.05, 0.1) is 0 Å². The Morgan fingerprint density at radius 1 is 1.57 bits per heavy atom. The number of aryl methyl sites for hydroxylation is 1. The van der Waals surface area contributed by atoms with E-state index in [0.29, 0.717) is 6.54 Å². The number of anilines is 1. The van der Waals surface area contributed by atoms with Gasteiger partial charge in [-0.3, -0.25) is 0 Å². The third kappa shape index (κ3) is 2.52. The fraction of sp³-hybridized carbons (Fsp3) is 0.500. The van der Waals surface area contributed by atoms with Crippen molar-refractivity contribution in [3.05, 3.63) is 11.8 Å². The standard InChI is InChI=1S/C6H9F3N4.ClH/c1-2-13-5(11-10)3-4(12-13)6(7,8)9;/h3,11H,2,10H2,1H3;1H. The highest BCUT2D eigenvalue weighted by Gasteiger charge is 2.34. The van der Waals surface area contributed by atoms with E-state index in [1.165, 1.54) is 0 Å². The van der Waals surface area contributed by atoms with Crippen LogP contribution in [-0.4, -0.2) is 9.78 Å². The van der Waals surface area contributed by atoms with Gasteiger partial charge in [-0.05, 0) is 6.92 Å². The van der Waals surface area contributed by atoms with Gasteiger partial charge in [-0.15, -0.1) is 12.4 Å². The number of nitrogen functional groups attached to an aromatic ring is 1. The molecular weight excluding hydrogens is 221 g/mol. The van der Waals surface area contributed by atoms with Gasteiger partial charge in [-0.1, -0.05) is 0 Å².